The summed E-state index contributed by atoms with van der Waals surface area (Å²) in [5, 5.41) is 32.2. The second-order valence-electron chi connectivity index (χ2n) is 5.24. The summed E-state index contributed by atoms with van der Waals surface area (Å²) in [6.07, 6.45) is -1.70. The van der Waals surface area contributed by atoms with Crippen LogP contribution in [0.3, 0.4) is 0 Å². The first-order valence-electron chi connectivity index (χ1n) is 7.22. The summed E-state index contributed by atoms with van der Waals surface area (Å²) in [5.74, 6) is -0.565. The van der Waals surface area contributed by atoms with Crippen molar-refractivity contribution in [3.05, 3.63) is 69.8 Å². The largest absolute Gasteiger partial charge is 0.497 e. The summed E-state index contributed by atoms with van der Waals surface area (Å²) in [6, 6.07) is 10.8. The van der Waals surface area contributed by atoms with Crippen molar-refractivity contribution in [3.8, 4) is 5.75 Å². The van der Waals surface area contributed by atoms with Crippen LogP contribution in [-0.2, 0) is 15.1 Å². The fraction of sp³-hybridized carbons (Fsp3) is 0.235. The molecular formula is C17H17NO7. The minimum absolute atomic E-state index is 0.0889. The van der Waals surface area contributed by atoms with E-state index in [-0.39, 0.29) is 16.8 Å². The van der Waals surface area contributed by atoms with E-state index in [0.717, 1.165) is 7.11 Å². The topological polar surface area (TPSA) is 119 Å². The fourth-order valence-electron chi connectivity index (χ4n) is 2.41. The van der Waals surface area contributed by atoms with Gasteiger partial charge < -0.3 is 19.7 Å². The number of nitro benzene ring substituents is 1. The van der Waals surface area contributed by atoms with Gasteiger partial charge in [-0.15, -0.1) is 0 Å². The molecule has 2 N–H and O–H groups in total. The lowest BCUT2D eigenvalue weighted by Crippen LogP contribution is -2.42. The zero-order valence-electron chi connectivity index (χ0n) is 13.6. The van der Waals surface area contributed by atoms with E-state index in [2.05, 4.69) is 4.74 Å². The maximum Gasteiger partial charge on any atom is 0.345 e. The molecule has 0 spiro atoms. The molecule has 0 aliphatic rings. The highest BCUT2D eigenvalue weighted by atomic mass is 16.6. The van der Waals surface area contributed by atoms with Crippen LogP contribution in [0.25, 0.3) is 0 Å². The average Bonchev–Trinajstić information content (AvgIpc) is 2.66. The Morgan fingerprint density at radius 2 is 1.68 bits per heavy atom. The number of ether oxygens (including phenoxy) is 2. The van der Waals surface area contributed by atoms with Crippen LogP contribution in [0.15, 0.2) is 48.5 Å². The van der Waals surface area contributed by atoms with Gasteiger partial charge in [0.05, 0.1) is 19.1 Å². The number of carbonyl (C=O) groups is 1. The zero-order valence-corrected chi connectivity index (χ0v) is 13.6. The summed E-state index contributed by atoms with van der Waals surface area (Å²) in [5.41, 5.74) is -2.36. The van der Waals surface area contributed by atoms with Crippen LogP contribution in [0.4, 0.5) is 5.69 Å². The second kappa shape index (κ2) is 7.29. The Hall–Kier alpha value is -2.97. The lowest BCUT2D eigenvalue weighted by atomic mass is 9.84. The lowest BCUT2D eigenvalue weighted by molar-refractivity contribution is -0.384. The van der Waals surface area contributed by atoms with Gasteiger partial charge in [0.2, 0.25) is 5.60 Å². The van der Waals surface area contributed by atoms with Gasteiger partial charge in [0, 0.05) is 12.1 Å². The molecule has 2 aromatic rings. The number of hydrogen-bond acceptors (Lipinski definition) is 7. The Morgan fingerprint density at radius 3 is 2.12 bits per heavy atom. The Bertz CT molecular complexity index is 758. The minimum Gasteiger partial charge on any atom is -0.497 e. The average molecular weight is 347 g/mol. The molecule has 25 heavy (non-hydrogen) atoms. The van der Waals surface area contributed by atoms with Crippen molar-refractivity contribution in [2.75, 3.05) is 14.2 Å². The van der Waals surface area contributed by atoms with E-state index in [9.17, 15) is 25.1 Å². The Labute approximate surface area is 143 Å². The van der Waals surface area contributed by atoms with Crippen molar-refractivity contribution in [2.24, 2.45) is 0 Å². The predicted octanol–water partition coefficient (Wildman–Crippen LogP) is 1.70. The molecule has 2 rings (SSSR count). The van der Waals surface area contributed by atoms with Crippen molar-refractivity contribution >= 4 is 11.7 Å². The van der Waals surface area contributed by atoms with Gasteiger partial charge in [-0.25, -0.2) is 4.79 Å². The molecule has 2 atom stereocenters. The molecule has 0 saturated heterocycles. The number of nitrogens with zero attached hydrogens (tertiary/aromatic N) is 1. The summed E-state index contributed by atoms with van der Waals surface area (Å²) < 4.78 is 9.67. The highest BCUT2D eigenvalue weighted by Crippen LogP contribution is 2.37. The molecule has 0 amide bonds. The zero-order chi connectivity index (χ0) is 18.6. The van der Waals surface area contributed by atoms with Crippen LogP contribution in [-0.4, -0.2) is 35.3 Å². The molecule has 2 aromatic carbocycles. The Morgan fingerprint density at radius 1 is 1.12 bits per heavy atom. The SMILES string of the molecule is COC(=O)C(O)(c1ccc(OC)cc1)C(O)c1ccc([N+](=O)[O-])cc1. The molecule has 0 saturated carbocycles. The summed E-state index contributed by atoms with van der Waals surface area (Å²) in [4.78, 5) is 22.3. The van der Waals surface area contributed by atoms with Gasteiger partial charge in [0.15, 0.2) is 0 Å². The number of hydrogen-bond donors (Lipinski definition) is 2. The van der Waals surface area contributed by atoms with Gasteiger partial charge in [-0.05, 0) is 35.4 Å². The van der Waals surface area contributed by atoms with Crippen molar-refractivity contribution in [2.45, 2.75) is 11.7 Å². The highest BCUT2D eigenvalue weighted by molar-refractivity contribution is 5.82. The molecule has 0 aliphatic heterocycles. The van der Waals surface area contributed by atoms with Gasteiger partial charge in [0.25, 0.3) is 5.69 Å². The van der Waals surface area contributed by atoms with Gasteiger partial charge in [-0.1, -0.05) is 12.1 Å². The van der Waals surface area contributed by atoms with Crippen molar-refractivity contribution in [3.63, 3.8) is 0 Å². The molecule has 0 heterocycles. The van der Waals surface area contributed by atoms with E-state index in [0.29, 0.717) is 5.75 Å². The van der Waals surface area contributed by atoms with E-state index in [1.165, 1.54) is 55.6 Å². The first kappa shape index (κ1) is 18.4. The summed E-state index contributed by atoms with van der Waals surface area (Å²) in [7, 11) is 2.55. The molecule has 0 aliphatic carbocycles. The highest BCUT2D eigenvalue weighted by Gasteiger charge is 2.47. The number of esters is 1. The van der Waals surface area contributed by atoms with Crippen LogP contribution in [0.1, 0.15) is 17.2 Å². The quantitative estimate of drug-likeness (QED) is 0.463. The van der Waals surface area contributed by atoms with Gasteiger partial charge in [-0.3, -0.25) is 10.1 Å². The van der Waals surface area contributed by atoms with Crippen LogP contribution >= 0.6 is 0 Å². The molecule has 8 heteroatoms. The van der Waals surface area contributed by atoms with Crippen molar-refractivity contribution < 1.29 is 29.4 Å². The van der Waals surface area contributed by atoms with Crippen LogP contribution < -0.4 is 4.74 Å². The first-order valence-corrected chi connectivity index (χ1v) is 7.22. The first-order chi connectivity index (χ1) is 11.8. The van der Waals surface area contributed by atoms with Crippen LogP contribution in [0, 0.1) is 10.1 Å². The fourth-order valence-corrected chi connectivity index (χ4v) is 2.41. The third kappa shape index (κ3) is 3.44. The molecule has 0 radical (unpaired) electrons. The normalized spacial score (nSPS) is 14.2. The van der Waals surface area contributed by atoms with E-state index in [1.54, 1.807) is 0 Å². The molecule has 0 aromatic heterocycles. The van der Waals surface area contributed by atoms with Crippen LogP contribution in [0.5, 0.6) is 5.75 Å². The molecule has 132 valence electrons. The molecule has 8 nitrogen and oxygen atoms in total. The van der Waals surface area contributed by atoms with E-state index in [4.69, 9.17) is 4.74 Å². The number of nitro groups is 1. The number of methoxy groups -OCH3 is 2. The van der Waals surface area contributed by atoms with E-state index >= 15 is 0 Å². The van der Waals surface area contributed by atoms with Gasteiger partial charge in [0.1, 0.15) is 11.9 Å². The van der Waals surface area contributed by atoms with Crippen LogP contribution in [0.2, 0.25) is 0 Å². The number of aliphatic hydroxyl groups is 2. The molecule has 0 bridgehead atoms. The number of benzene rings is 2. The standard InChI is InChI=1S/C17H17NO7/c1-24-14-9-5-12(6-10-14)17(21,16(20)25-2)15(19)11-3-7-13(8-4-11)18(22)23/h3-10,15,19,21H,1-2H3. The van der Waals surface area contributed by atoms with Crippen molar-refractivity contribution in [1.29, 1.82) is 0 Å². The van der Waals surface area contributed by atoms with Crippen molar-refractivity contribution in [1.82, 2.24) is 0 Å². The van der Waals surface area contributed by atoms with Gasteiger partial charge in [-0.2, -0.15) is 0 Å². The Balaban J connectivity index is 2.47. The summed E-state index contributed by atoms with van der Waals surface area (Å²) in [6.45, 7) is 0. The summed E-state index contributed by atoms with van der Waals surface area (Å²) >= 11 is 0. The third-order valence-corrected chi connectivity index (χ3v) is 3.84. The predicted molar refractivity (Wildman–Crippen MR) is 87.0 cm³/mol. The molecule has 2 unspecified atom stereocenters. The lowest BCUT2D eigenvalue weighted by Gasteiger charge is -2.31. The monoisotopic (exact) mass is 347 g/mol. The van der Waals surface area contributed by atoms with E-state index in [1.807, 2.05) is 0 Å². The third-order valence-electron chi connectivity index (χ3n) is 3.84. The number of rotatable bonds is 6. The Kier molecular flexibility index (Phi) is 5.35. The van der Waals surface area contributed by atoms with E-state index < -0.39 is 22.6 Å². The second-order valence-corrected chi connectivity index (χ2v) is 5.24. The maximum atomic E-state index is 12.2. The molecular weight excluding hydrogens is 330 g/mol. The number of non-ortho nitro benzene ring substituents is 1. The smallest absolute Gasteiger partial charge is 0.345 e. The van der Waals surface area contributed by atoms with Gasteiger partial charge >= 0.3 is 5.97 Å². The number of carbonyl (C=O) groups excluding carboxylic acids is 1. The maximum absolute atomic E-state index is 12.2. The molecule has 0 fully saturated rings. The minimum atomic E-state index is -2.39. The number of aliphatic hydroxyl groups excluding tert-OH is 1.